The average molecular weight is 443 g/mol. The molecule has 0 unspecified atom stereocenters. The molecule has 1 aromatic heterocycles. The Labute approximate surface area is 175 Å². The Morgan fingerprint density at radius 3 is 2.39 bits per heavy atom. The van der Waals surface area contributed by atoms with Crippen LogP contribution < -0.4 is 4.74 Å². The molecule has 28 heavy (non-hydrogen) atoms. The molecule has 0 radical (unpaired) electrons. The van der Waals surface area contributed by atoms with Crippen LogP contribution >= 0.6 is 24.0 Å². The van der Waals surface area contributed by atoms with Crippen molar-refractivity contribution in [3.8, 4) is 22.7 Å². The summed E-state index contributed by atoms with van der Waals surface area (Å²) in [5.41, 5.74) is 2.43. The first kappa shape index (κ1) is 22.2. The van der Waals surface area contributed by atoms with E-state index in [0.717, 1.165) is 16.9 Å². The van der Waals surface area contributed by atoms with Crippen molar-refractivity contribution in [3.05, 3.63) is 59.8 Å². The zero-order chi connectivity index (χ0) is 19.4. The lowest BCUT2D eigenvalue weighted by atomic mass is 10.1. The second-order valence-corrected chi connectivity index (χ2v) is 8.30. The zero-order valence-electron chi connectivity index (χ0n) is 15.3. The van der Waals surface area contributed by atoms with Gasteiger partial charge in [-0.1, -0.05) is 23.7 Å². The summed E-state index contributed by atoms with van der Waals surface area (Å²) in [6.45, 7) is 0.162. The highest BCUT2D eigenvalue weighted by Crippen LogP contribution is 2.29. The van der Waals surface area contributed by atoms with Crippen LogP contribution in [0.3, 0.4) is 0 Å². The number of ether oxygens (including phenoxy) is 2. The fourth-order valence-corrected chi connectivity index (χ4v) is 4.08. The zero-order valence-corrected chi connectivity index (χ0v) is 17.7. The largest absolute Gasteiger partial charge is 0.495 e. The number of rotatable bonds is 7. The molecule has 1 heterocycles. The highest BCUT2D eigenvalue weighted by atomic mass is 35.5. The van der Waals surface area contributed by atoms with Gasteiger partial charge in [0.15, 0.2) is 9.84 Å². The number of nitrogens with zero attached hydrogens (tertiary/aromatic N) is 2. The Morgan fingerprint density at radius 1 is 1.07 bits per heavy atom. The first-order valence-electron chi connectivity index (χ1n) is 8.16. The molecule has 0 aliphatic rings. The molecule has 0 bridgehead atoms. The van der Waals surface area contributed by atoms with Crippen LogP contribution in [-0.2, 0) is 14.6 Å². The summed E-state index contributed by atoms with van der Waals surface area (Å²) >= 11 is 6.21. The van der Waals surface area contributed by atoms with Crippen molar-refractivity contribution < 1.29 is 17.9 Å². The van der Waals surface area contributed by atoms with Gasteiger partial charge in [-0.25, -0.2) is 13.1 Å². The fraction of sp³-hybridized carbons (Fsp3) is 0.211. The van der Waals surface area contributed by atoms with Gasteiger partial charge in [-0.05, 0) is 36.4 Å². The number of halogens is 2. The molecule has 0 saturated carbocycles. The number of sulfone groups is 1. The Balaban J connectivity index is 0.00000280. The van der Waals surface area contributed by atoms with Gasteiger partial charge in [-0.15, -0.1) is 12.4 Å². The maximum absolute atomic E-state index is 12.3. The predicted octanol–water partition coefficient (Wildman–Crippen LogP) is 4.04. The molecule has 0 saturated heterocycles. The van der Waals surface area contributed by atoms with Gasteiger partial charge in [0.2, 0.25) is 0 Å². The smallest absolute Gasteiger partial charge is 0.180 e. The van der Waals surface area contributed by atoms with Crippen LogP contribution in [-0.4, -0.2) is 44.8 Å². The summed E-state index contributed by atoms with van der Waals surface area (Å²) in [7, 11) is -0.327. The number of aromatic nitrogens is 2. The molecule has 0 spiro atoms. The minimum absolute atomic E-state index is 0. The van der Waals surface area contributed by atoms with Crippen molar-refractivity contribution >= 4 is 33.8 Å². The fourth-order valence-electron chi connectivity index (χ4n) is 2.66. The van der Waals surface area contributed by atoms with Crippen molar-refractivity contribution in [3.63, 3.8) is 0 Å². The van der Waals surface area contributed by atoms with E-state index in [9.17, 15) is 8.42 Å². The summed E-state index contributed by atoms with van der Waals surface area (Å²) in [5, 5.41) is 4.84. The molecule has 0 atom stereocenters. The van der Waals surface area contributed by atoms with Gasteiger partial charge in [0.1, 0.15) is 5.75 Å². The van der Waals surface area contributed by atoms with Gasteiger partial charge in [-0.2, -0.15) is 5.10 Å². The molecular formula is C19H20Cl2N2O4S. The third-order valence-electron chi connectivity index (χ3n) is 4.09. The molecule has 9 heteroatoms. The van der Waals surface area contributed by atoms with Crippen molar-refractivity contribution in [1.29, 1.82) is 0 Å². The molecule has 6 nitrogen and oxygen atoms in total. The van der Waals surface area contributed by atoms with Gasteiger partial charge in [0.25, 0.3) is 0 Å². The van der Waals surface area contributed by atoms with Crippen LogP contribution in [0.25, 0.3) is 16.9 Å². The normalized spacial score (nSPS) is 11.1. The molecule has 0 fully saturated rings. The summed E-state index contributed by atoms with van der Waals surface area (Å²) < 4.78 is 36.3. The second-order valence-electron chi connectivity index (χ2n) is 5.78. The molecule has 0 aliphatic carbocycles. The van der Waals surface area contributed by atoms with E-state index in [0.29, 0.717) is 10.8 Å². The summed E-state index contributed by atoms with van der Waals surface area (Å²) in [6.07, 6.45) is 1.68. The average Bonchev–Trinajstić information content (AvgIpc) is 3.16. The van der Waals surface area contributed by atoms with Crippen molar-refractivity contribution in [1.82, 2.24) is 9.78 Å². The van der Waals surface area contributed by atoms with Crippen LogP contribution in [0.1, 0.15) is 0 Å². The first-order chi connectivity index (χ1) is 13.0. The molecule has 0 amide bonds. The molecule has 150 valence electrons. The molecular weight excluding hydrogens is 423 g/mol. The lowest BCUT2D eigenvalue weighted by molar-refractivity contribution is 0.217. The molecule has 3 rings (SSSR count). The summed E-state index contributed by atoms with van der Waals surface area (Å²) in [5.74, 6) is 0.533. The van der Waals surface area contributed by atoms with Crippen LogP contribution in [0.5, 0.6) is 5.75 Å². The molecule has 0 aliphatic heterocycles. The SMILES string of the molecule is COCCS(=O)(=O)c1ccc(-c2ccnn2-c2ccc(OC)c(Cl)c2)cc1.Cl. The van der Waals surface area contributed by atoms with Crippen molar-refractivity contribution in [2.24, 2.45) is 0 Å². The Morgan fingerprint density at radius 2 is 1.79 bits per heavy atom. The second kappa shape index (κ2) is 9.43. The minimum atomic E-state index is -3.36. The van der Waals surface area contributed by atoms with Crippen LogP contribution in [0, 0.1) is 0 Å². The van der Waals surface area contributed by atoms with Crippen molar-refractivity contribution in [2.45, 2.75) is 4.90 Å². The summed E-state index contributed by atoms with van der Waals surface area (Å²) in [6, 6.07) is 14.0. The third kappa shape index (κ3) is 4.67. The monoisotopic (exact) mass is 442 g/mol. The van der Waals surface area contributed by atoms with E-state index in [2.05, 4.69) is 5.10 Å². The van der Waals surface area contributed by atoms with Crippen molar-refractivity contribution in [2.75, 3.05) is 26.6 Å². The maximum Gasteiger partial charge on any atom is 0.180 e. The van der Waals surface area contributed by atoms with E-state index in [-0.39, 0.29) is 29.7 Å². The van der Waals surface area contributed by atoms with Crippen LogP contribution in [0.4, 0.5) is 0 Å². The Kier molecular flexibility index (Phi) is 7.48. The third-order valence-corrected chi connectivity index (χ3v) is 6.08. The quantitative estimate of drug-likeness (QED) is 0.551. The Hall–Kier alpha value is -2.06. The molecule has 3 aromatic rings. The van der Waals surface area contributed by atoms with E-state index in [1.54, 1.807) is 54.4 Å². The van der Waals surface area contributed by atoms with Gasteiger partial charge in [0, 0.05) is 12.7 Å². The highest BCUT2D eigenvalue weighted by Gasteiger charge is 2.15. The van der Waals surface area contributed by atoms with Gasteiger partial charge in [-0.3, -0.25) is 0 Å². The van der Waals surface area contributed by atoms with E-state index in [4.69, 9.17) is 21.1 Å². The number of methoxy groups -OCH3 is 2. The van der Waals surface area contributed by atoms with E-state index >= 15 is 0 Å². The highest BCUT2D eigenvalue weighted by molar-refractivity contribution is 7.91. The predicted molar refractivity (Wildman–Crippen MR) is 112 cm³/mol. The van der Waals surface area contributed by atoms with E-state index in [1.165, 1.54) is 7.11 Å². The topological polar surface area (TPSA) is 70.4 Å². The van der Waals surface area contributed by atoms with E-state index < -0.39 is 9.84 Å². The standard InChI is InChI=1S/C19H19ClN2O4S.ClH/c1-25-11-12-27(23,24)16-6-3-14(4-7-16)18-9-10-21-22(18)15-5-8-19(26-2)17(20)13-15;/h3-10,13H,11-12H2,1-2H3;1H. The number of benzene rings is 2. The number of hydrogen-bond acceptors (Lipinski definition) is 5. The molecule has 2 aromatic carbocycles. The Bertz CT molecular complexity index is 1030. The van der Waals surface area contributed by atoms with Gasteiger partial charge < -0.3 is 9.47 Å². The van der Waals surface area contributed by atoms with Gasteiger partial charge >= 0.3 is 0 Å². The van der Waals surface area contributed by atoms with Gasteiger partial charge in [0.05, 0.1) is 47.0 Å². The lowest BCUT2D eigenvalue weighted by Gasteiger charge is -2.11. The first-order valence-corrected chi connectivity index (χ1v) is 10.2. The van der Waals surface area contributed by atoms with Crippen LogP contribution in [0.2, 0.25) is 5.02 Å². The molecule has 0 N–H and O–H groups in total. The lowest BCUT2D eigenvalue weighted by Crippen LogP contribution is -2.11. The maximum atomic E-state index is 12.3. The van der Waals surface area contributed by atoms with Crippen LogP contribution in [0.15, 0.2) is 59.6 Å². The minimum Gasteiger partial charge on any atom is -0.495 e. The summed E-state index contributed by atoms with van der Waals surface area (Å²) in [4.78, 5) is 0.266. The number of hydrogen-bond donors (Lipinski definition) is 0. The van der Waals surface area contributed by atoms with E-state index in [1.807, 2.05) is 12.1 Å².